The molecule has 0 spiro atoms. The van der Waals surface area contributed by atoms with Crippen molar-refractivity contribution in [1.82, 2.24) is 9.80 Å². The summed E-state index contributed by atoms with van der Waals surface area (Å²) in [6.45, 7) is 4.92. The lowest BCUT2D eigenvalue weighted by Gasteiger charge is -2.32. The van der Waals surface area contributed by atoms with Crippen LogP contribution in [0.25, 0.3) is 0 Å². The second kappa shape index (κ2) is 8.30. The molecule has 1 aliphatic rings. The Bertz CT molecular complexity index is 878. The van der Waals surface area contributed by atoms with Gasteiger partial charge in [0.2, 0.25) is 0 Å². The Kier molecular flexibility index (Phi) is 6.05. The Morgan fingerprint density at radius 3 is 2.26 bits per heavy atom. The second-order valence-corrected chi connectivity index (χ2v) is 7.52. The quantitative estimate of drug-likeness (QED) is 0.840. The van der Waals surface area contributed by atoms with Gasteiger partial charge in [0.05, 0.1) is 10.7 Å². The Morgan fingerprint density at radius 1 is 0.926 bits per heavy atom. The molecule has 27 heavy (non-hydrogen) atoms. The van der Waals surface area contributed by atoms with Crippen LogP contribution < -0.4 is 5.32 Å². The molecule has 0 atom stereocenters. The standard InChI is InChI=1S/C20H21Cl2N3O2/c1-13-3-4-14(11-17(13)22)19(26)23-18-12-15(5-6-16(18)21)20(27)25-9-7-24(2)8-10-25/h3-6,11-12H,7-10H2,1-2H3,(H,23,26). The minimum atomic E-state index is -0.331. The fourth-order valence-corrected chi connectivity index (χ4v) is 3.22. The average molecular weight is 406 g/mol. The van der Waals surface area contributed by atoms with Gasteiger partial charge in [-0.15, -0.1) is 0 Å². The zero-order valence-electron chi connectivity index (χ0n) is 15.3. The molecule has 1 heterocycles. The molecule has 2 aromatic rings. The van der Waals surface area contributed by atoms with Crippen LogP contribution in [0.4, 0.5) is 5.69 Å². The van der Waals surface area contributed by atoms with Crippen molar-refractivity contribution in [2.24, 2.45) is 0 Å². The van der Waals surface area contributed by atoms with Gasteiger partial charge in [0, 0.05) is 42.3 Å². The van der Waals surface area contributed by atoms with E-state index in [4.69, 9.17) is 23.2 Å². The van der Waals surface area contributed by atoms with Crippen LogP contribution in [0.5, 0.6) is 0 Å². The number of likely N-dealkylation sites (N-methyl/N-ethyl adjacent to an activating group) is 1. The van der Waals surface area contributed by atoms with Crippen molar-refractivity contribution in [2.75, 3.05) is 38.5 Å². The minimum Gasteiger partial charge on any atom is -0.336 e. The number of piperazine rings is 1. The van der Waals surface area contributed by atoms with Crippen molar-refractivity contribution >= 4 is 40.7 Å². The molecular formula is C20H21Cl2N3O2. The molecule has 7 heteroatoms. The highest BCUT2D eigenvalue weighted by atomic mass is 35.5. The number of carbonyl (C=O) groups excluding carboxylic acids is 2. The fraction of sp³-hybridized carbons (Fsp3) is 0.300. The second-order valence-electron chi connectivity index (χ2n) is 6.71. The molecule has 1 saturated heterocycles. The van der Waals surface area contributed by atoms with E-state index in [1.807, 2.05) is 18.9 Å². The summed E-state index contributed by atoms with van der Waals surface area (Å²) in [5.41, 5.74) is 2.23. The van der Waals surface area contributed by atoms with Gasteiger partial charge in [-0.3, -0.25) is 9.59 Å². The summed E-state index contributed by atoms with van der Waals surface area (Å²) in [4.78, 5) is 29.3. The zero-order chi connectivity index (χ0) is 19.6. The van der Waals surface area contributed by atoms with E-state index in [0.29, 0.717) is 39.9 Å². The first kappa shape index (κ1) is 19.7. The molecular weight excluding hydrogens is 385 g/mol. The predicted molar refractivity (Wildman–Crippen MR) is 109 cm³/mol. The fourth-order valence-electron chi connectivity index (χ4n) is 2.87. The molecule has 0 aromatic heterocycles. The summed E-state index contributed by atoms with van der Waals surface area (Å²) in [7, 11) is 2.04. The Labute approximate surface area is 168 Å². The van der Waals surface area contributed by atoms with Crippen LogP contribution in [0.2, 0.25) is 10.0 Å². The monoisotopic (exact) mass is 405 g/mol. The van der Waals surface area contributed by atoms with Crippen LogP contribution in [-0.2, 0) is 0 Å². The third-order valence-electron chi connectivity index (χ3n) is 4.69. The largest absolute Gasteiger partial charge is 0.336 e. The molecule has 5 nitrogen and oxygen atoms in total. The topological polar surface area (TPSA) is 52.7 Å². The van der Waals surface area contributed by atoms with Crippen molar-refractivity contribution < 1.29 is 9.59 Å². The highest BCUT2D eigenvalue weighted by molar-refractivity contribution is 6.34. The first-order chi connectivity index (χ1) is 12.8. The Morgan fingerprint density at radius 2 is 1.59 bits per heavy atom. The van der Waals surface area contributed by atoms with E-state index in [-0.39, 0.29) is 11.8 Å². The van der Waals surface area contributed by atoms with Crippen LogP contribution in [0, 0.1) is 6.92 Å². The van der Waals surface area contributed by atoms with Gasteiger partial charge in [0.15, 0.2) is 0 Å². The van der Waals surface area contributed by atoms with Crippen LogP contribution in [0.1, 0.15) is 26.3 Å². The number of nitrogens with zero attached hydrogens (tertiary/aromatic N) is 2. The van der Waals surface area contributed by atoms with E-state index >= 15 is 0 Å². The first-order valence-electron chi connectivity index (χ1n) is 8.70. The van der Waals surface area contributed by atoms with Gasteiger partial charge in [0.25, 0.3) is 11.8 Å². The number of halogens is 2. The maximum absolute atomic E-state index is 12.7. The summed E-state index contributed by atoms with van der Waals surface area (Å²) in [6.07, 6.45) is 0. The van der Waals surface area contributed by atoms with Gasteiger partial charge in [-0.2, -0.15) is 0 Å². The highest BCUT2D eigenvalue weighted by Gasteiger charge is 2.21. The van der Waals surface area contributed by atoms with Gasteiger partial charge >= 0.3 is 0 Å². The lowest BCUT2D eigenvalue weighted by molar-refractivity contribution is 0.0664. The summed E-state index contributed by atoms with van der Waals surface area (Å²) in [5, 5.41) is 3.66. The van der Waals surface area contributed by atoms with E-state index in [9.17, 15) is 9.59 Å². The van der Waals surface area contributed by atoms with Gasteiger partial charge in [-0.25, -0.2) is 0 Å². The number of amides is 2. The maximum Gasteiger partial charge on any atom is 0.255 e. The van der Waals surface area contributed by atoms with E-state index in [1.165, 1.54) is 0 Å². The number of nitrogens with one attached hydrogen (secondary N) is 1. The van der Waals surface area contributed by atoms with Gasteiger partial charge < -0.3 is 15.1 Å². The molecule has 0 saturated carbocycles. The van der Waals surface area contributed by atoms with E-state index in [2.05, 4.69) is 10.2 Å². The van der Waals surface area contributed by atoms with Gasteiger partial charge in [-0.05, 0) is 49.9 Å². The van der Waals surface area contributed by atoms with Crippen LogP contribution in [-0.4, -0.2) is 54.8 Å². The molecule has 1 N–H and O–H groups in total. The van der Waals surface area contributed by atoms with Crippen LogP contribution >= 0.6 is 23.2 Å². The number of hydrogen-bond acceptors (Lipinski definition) is 3. The minimum absolute atomic E-state index is 0.0614. The smallest absolute Gasteiger partial charge is 0.255 e. The summed E-state index contributed by atoms with van der Waals surface area (Å²) in [6, 6.07) is 10.0. The third kappa shape index (κ3) is 4.61. The average Bonchev–Trinajstić information content (AvgIpc) is 2.65. The van der Waals surface area contributed by atoms with Gasteiger partial charge in [0.1, 0.15) is 0 Å². The van der Waals surface area contributed by atoms with Crippen molar-refractivity contribution in [3.05, 3.63) is 63.1 Å². The molecule has 0 radical (unpaired) electrons. The van der Waals surface area contributed by atoms with Crippen molar-refractivity contribution in [3.63, 3.8) is 0 Å². The zero-order valence-corrected chi connectivity index (χ0v) is 16.8. The summed E-state index contributed by atoms with van der Waals surface area (Å²) in [5.74, 6) is -0.392. The molecule has 142 valence electrons. The van der Waals surface area contributed by atoms with E-state index in [1.54, 1.807) is 36.4 Å². The number of aryl methyl sites for hydroxylation is 1. The molecule has 2 aromatic carbocycles. The Hall–Kier alpha value is -2.08. The van der Waals surface area contributed by atoms with Crippen LogP contribution in [0.15, 0.2) is 36.4 Å². The lowest BCUT2D eigenvalue weighted by Crippen LogP contribution is -2.47. The molecule has 0 aliphatic carbocycles. The van der Waals surface area contributed by atoms with Crippen molar-refractivity contribution in [2.45, 2.75) is 6.92 Å². The van der Waals surface area contributed by atoms with Crippen LogP contribution in [0.3, 0.4) is 0 Å². The SMILES string of the molecule is Cc1ccc(C(=O)Nc2cc(C(=O)N3CCN(C)CC3)ccc2Cl)cc1Cl. The van der Waals surface area contributed by atoms with E-state index < -0.39 is 0 Å². The highest BCUT2D eigenvalue weighted by Crippen LogP contribution is 2.25. The number of benzene rings is 2. The Balaban J connectivity index is 1.77. The lowest BCUT2D eigenvalue weighted by atomic mass is 10.1. The number of hydrogen-bond donors (Lipinski definition) is 1. The normalized spacial score (nSPS) is 14.9. The summed E-state index contributed by atoms with van der Waals surface area (Å²) < 4.78 is 0. The van der Waals surface area contributed by atoms with Gasteiger partial charge in [-0.1, -0.05) is 29.3 Å². The van der Waals surface area contributed by atoms with E-state index in [0.717, 1.165) is 18.7 Å². The van der Waals surface area contributed by atoms with Crippen molar-refractivity contribution in [3.8, 4) is 0 Å². The van der Waals surface area contributed by atoms with Crippen molar-refractivity contribution in [1.29, 1.82) is 0 Å². The molecule has 0 bridgehead atoms. The number of carbonyl (C=O) groups is 2. The molecule has 2 amide bonds. The maximum atomic E-state index is 12.7. The summed E-state index contributed by atoms with van der Waals surface area (Å²) >= 11 is 12.3. The number of rotatable bonds is 3. The predicted octanol–water partition coefficient (Wildman–Crippen LogP) is 3.94. The molecule has 1 aliphatic heterocycles. The molecule has 1 fully saturated rings. The first-order valence-corrected chi connectivity index (χ1v) is 9.45. The third-order valence-corrected chi connectivity index (χ3v) is 5.42. The molecule has 0 unspecified atom stereocenters. The molecule has 3 rings (SSSR count). The number of anilines is 1.